The first kappa shape index (κ1) is 30.3. The van der Waals surface area contributed by atoms with Crippen LogP contribution in [0.5, 0.6) is 0 Å². The Morgan fingerprint density at radius 3 is 2.36 bits per heavy atom. The van der Waals surface area contributed by atoms with Gasteiger partial charge in [0, 0.05) is 17.8 Å². The largest absolute Gasteiger partial charge is 0.310 e. The third kappa shape index (κ3) is 12.2. The number of benzene rings is 1. The number of rotatable bonds is 10. The van der Waals surface area contributed by atoms with Gasteiger partial charge in [-0.05, 0) is 87.6 Å². The lowest BCUT2D eigenvalue weighted by Gasteiger charge is -2.05. The normalized spacial score (nSPS) is 12.8. The minimum atomic E-state index is 0.850. The summed E-state index contributed by atoms with van der Waals surface area (Å²) in [6.07, 6.45) is 15.8. The smallest absolute Gasteiger partial charge is 0.0514 e. The molecule has 0 bridgehead atoms. The van der Waals surface area contributed by atoms with E-state index in [-0.39, 0.29) is 0 Å². The number of aliphatic imine (C=N–C) groups is 1. The second-order valence-electron chi connectivity index (χ2n) is 8.04. The van der Waals surface area contributed by atoms with E-state index >= 15 is 0 Å². The van der Waals surface area contributed by atoms with Gasteiger partial charge in [-0.2, -0.15) is 0 Å². The van der Waals surface area contributed by atoms with Crippen LogP contribution in [-0.2, 0) is 6.42 Å². The van der Waals surface area contributed by atoms with Crippen LogP contribution in [0.4, 0.5) is 0 Å². The summed E-state index contributed by atoms with van der Waals surface area (Å²) >= 11 is 0. The molecule has 0 spiro atoms. The van der Waals surface area contributed by atoms with Gasteiger partial charge in [0.25, 0.3) is 0 Å². The molecule has 0 amide bonds. The Morgan fingerprint density at radius 1 is 1.09 bits per heavy atom. The standard InChI is InChI=1S/C16H21N.C13H19N.C2H6/c1-5-7-9-10-13(3)16-12-15(11-8-6-2)14(4)17-16;1-4-13(14)8-7-12-6-5-10(2)11(3)9-12;1-2/h5-7,9-10H,2-3,8,11-12H2,1,4H3;5-6,9,14H,4,7-8H2,1-3H3;1-2H3/b7-5-,10-9-;;. The lowest BCUT2D eigenvalue weighted by atomic mass is 10.0. The van der Waals surface area contributed by atoms with E-state index in [1.165, 1.54) is 22.3 Å². The molecule has 1 aromatic carbocycles. The van der Waals surface area contributed by atoms with E-state index < -0.39 is 0 Å². The maximum Gasteiger partial charge on any atom is 0.0514 e. The fraction of sp³-hybridized carbons (Fsp3) is 0.419. The van der Waals surface area contributed by atoms with E-state index in [0.29, 0.717) is 0 Å². The van der Waals surface area contributed by atoms with Crippen LogP contribution in [-0.4, -0.2) is 11.4 Å². The summed E-state index contributed by atoms with van der Waals surface area (Å²) in [6.45, 7) is 22.2. The SMILES string of the molecule is C=CCCC1=C(C)N=C(C(=C)/C=C\C=C/C)C1.CC.CCC(=N)CCc1ccc(C)c(C)c1. The quantitative estimate of drug-likeness (QED) is 0.211. The summed E-state index contributed by atoms with van der Waals surface area (Å²) < 4.78 is 0. The van der Waals surface area contributed by atoms with Gasteiger partial charge < -0.3 is 5.41 Å². The minimum Gasteiger partial charge on any atom is -0.310 e. The van der Waals surface area contributed by atoms with Gasteiger partial charge in [0.2, 0.25) is 0 Å². The number of hydrogen-bond donors (Lipinski definition) is 1. The van der Waals surface area contributed by atoms with Crippen molar-refractivity contribution in [3.63, 3.8) is 0 Å². The lowest BCUT2D eigenvalue weighted by Crippen LogP contribution is -1.97. The van der Waals surface area contributed by atoms with E-state index in [0.717, 1.165) is 61.2 Å². The highest BCUT2D eigenvalue weighted by Gasteiger charge is 2.15. The molecule has 0 saturated heterocycles. The van der Waals surface area contributed by atoms with Crippen molar-refractivity contribution < 1.29 is 0 Å². The maximum absolute atomic E-state index is 7.58. The van der Waals surface area contributed by atoms with Gasteiger partial charge >= 0.3 is 0 Å². The Balaban J connectivity index is 0.000000586. The van der Waals surface area contributed by atoms with Crippen LogP contribution in [0.1, 0.15) is 83.4 Å². The van der Waals surface area contributed by atoms with Crippen LogP contribution in [0.2, 0.25) is 0 Å². The zero-order valence-corrected chi connectivity index (χ0v) is 22.2. The molecule has 1 heterocycles. The van der Waals surface area contributed by atoms with Crippen LogP contribution in [0.25, 0.3) is 0 Å². The Hall–Kier alpha value is -2.74. The van der Waals surface area contributed by atoms with Crippen molar-refractivity contribution in [2.45, 2.75) is 87.0 Å². The van der Waals surface area contributed by atoms with E-state index in [2.05, 4.69) is 57.1 Å². The fourth-order valence-electron chi connectivity index (χ4n) is 3.19. The van der Waals surface area contributed by atoms with Crippen LogP contribution in [0, 0.1) is 19.3 Å². The van der Waals surface area contributed by atoms with Gasteiger partial charge in [-0.25, -0.2) is 0 Å². The van der Waals surface area contributed by atoms with Crippen molar-refractivity contribution in [2.75, 3.05) is 0 Å². The Morgan fingerprint density at radius 2 is 1.79 bits per heavy atom. The van der Waals surface area contributed by atoms with E-state index in [1.807, 2.05) is 58.1 Å². The van der Waals surface area contributed by atoms with Crippen LogP contribution in [0.15, 0.2) is 83.6 Å². The van der Waals surface area contributed by atoms with E-state index in [4.69, 9.17) is 5.41 Å². The first-order chi connectivity index (χ1) is 15.8. The molecular formula is C31H46N2. The first-order valence-electron chi connectivity index (χ1n) is 12.3. The van der Waals surface area contributed by atoms with Crippen molar-refractivity contribution in [2.24, 2.45) is 4.99 Å². The fourth-order valence-corrected chi connectivity index (χ4v) is 3.19. The number of aryl methyl sites for hydroxylation is 3. The molecule has 0 aliphatic carbocycles. The molecule has 0 radical (unpaired) electrons. The monoisotopic (exact) mass is 446 g/mol. The molecule has 0 fully saturated rings. The van der Waals surface area contributed by atoms with Crippen LogP contribution >= 0.6 is 0 Å². The molecule has 0 saturated carbocycles. The molecule has 0 unspecified atom stereocenters. The highest BCUT2D eigenvalue weighted by Crippen LogP contribution is 2.26. The van der Waals surface area contributed by atoms with Crippen molar-refractivity contribution in [3.8, 4) is 0 Å². The zero-order chi connectivity index (χ0) is 25.2. The summed E-state index contributed by atoms with van der Waals surface area (Å²) in [6, 6.07) is 6.57. The van der Waals surface area contributed by atoms with Gasteiger partial charge in [-0.1, -0.05) is 75.9 Å². The highest BCUT2D eigenvalue weighted by atomic mass is 14.8. The van der Waals surface area contributed by atoms with Crippen molar-refractivity contribution >= 4 is 11.4 Å². The van der Waals surface area contributed by atoms with Gasteiger partial charge in [0.1, 0.15) is 0 Å². The van der Waals surface area contributed by atoms with Gasteiger partial charge in [0.15, 0.2) is 0 Å². The number of nitrogens with one attached hydrogen (secondary N) is 1. The Labute approximate surface area is 204 Å². The summed E-state index contributed by atoms with van der Waals surface area (Å²) in [5, 5.41) is 7.58. The average molecular weight is 447 g/mol. The molecule has 1 aliphatic rings. The minimum absolute atomic E-state index is 0.850. The summed E-state index contributed by atoms with van der Waals surface area (Å²) in [4.78, 5) is 4.59. The average Bonchev–Trinajstić information content (AvgIpc) is 3.20. The lowest BCUT2D eigenvalue weighted by molar-refractivity contribution is 0.945. The molecule has 180 valence electrons. The van der Waals surface area contributed by atoms with Crippen molar-refractivity contribution in [3.05, 3.63) is 95.3 Å². The number of nitrogens with zero attached hydrogens (tertiary/aromatic N) is 1. The third-order valence-electron chi connectivity index (χ3n) is 5.53. The molecule has 2 heteroatoms. The van der Waals surface area contributed by atoms with Crippen molar-refractivity contribution in [1.29, 1.82) is 5.41 Å². The van der Waals surface area contributed by atoms with Crippen molar-refractivity contribution in [1.82, 2.24) is 0 Å². The van der Waals surface area contributed by atoms with E-state index in [9.17, 15) is 0 Å². The molecule has 1 N–H and O–H groups in total. The third-order valence-corrected chi connectivity index (χ3v) is 5.53. The van der Waals surface area contributed by atoms with Crippen LogP contribution in [0.3, 0.4) is 0 Å². The Bertz CT molecular complexity index is 891. The van der Waals surface area contributed by atoms with Gasteiger partial charge in [-0.3, -0.25) is 4.99 Å². The topological polar surface area (TPSA) is 36.2 Å². The first-order valence-corrected chi connectivity index (χ1v) is 12.3. The Kier molecular flexibility index (Phi) is 16.3. The van der Waals surface area contributed by atoms with Crippen LogP contribution < -0.4 is 0 Å². The molecule has 2 rings (SSSR count). The molecular weight excluding hydrogens is 400 g/mol. The summed E-state index contributed by atoms with van der Waals surface area (Å²) in [5.41, 5.74) is 9.58. The molecule has 1 aromatic rings. The number of allylic oxidation sites excluding steroid dienone is 8. The van der Waals surface area contributed by atoms with E-state index in [1.54, 1.807) is 0 Å². The summed E-state index contributed by atoms with van der Waals surface area (Å²) in [7, 11) is 0. The molecule has 0 aromatic heterocycles. The maximum atomic E-state index is 7.58. The highest BCUT2D eigenvalue weighted by molar-refractivity contribution is 6.05. The second kappa shape index (κ2) is 17.8. The molecule has 2 nitrogen and oxygen atoms in total. The zero-order valence-electron chi connectivity index (χ0n) is 22.2. The second-order valence-corrected chi connectivity index (χ2v) is 8.04. The van der Waals surface area contributed by atoms with Gasteiger partial charge in [-0.15, -0.1) is 6.58 Å². The molecule has 33 heavy (non-hydrogen) atoms. The predicted molar refractivity (Wildman–Crippen MR) is 151 cm³/mol. The predicted octanol–water partition coefficient (Wildman–Crippen LogP) is 9.45. The van der Waals surface area contributed by atoms with Gasteiger partial charge in [0.05, 0.1) is 5.71 Å². The number of hydrogen-bond acceptors (Lipinski definition) is 2. The molecule has 1 aliphatic heterocycles. The molecule has 0 atom stereocenters. The summed E-state index contributed by atoms with van der Waals surface area (Å²) in [5.74, 6) is 0.